The van der Waals surface area contributed by atoms with E-state index in [1.165, 1.54) is 12.1 Å². The van der Waals surface area contributed by atoms with E-state index >= 15 is 0 Å². The lowest BCUT2D eigenvalue weighted by atomic mass is 10.3. The lowest BCUT2D eigenvalue weighted by molar-refractivity contribution is -0.274. The first-order valence-electron chi connectivity index (χ1n) is 7.90. The largest absolute Gasteiger partial charge is 0.573 e. The highest BCUT2D eigenvalue weighted by Gasteiger charge is 2.31. The van der Waals surface area contributed by atoms with E-state index in [-0.39, 0.29) is 29.5 Å². The summed E-state index contributed by atoms with van der Waals surface area (Å²) in [6, 6.07) is 5.15. The lowest BCUT2D eigenvalue weighted by Gasteiger charge is -2.19. The third-order valence-corrected chi connectivity index (χ3v) is 3.13. The molecular weight excluding hydrogens is 355 g/mol. The van der Waals surface area contributed by atoms with Gasteiger partial charge in [0.25, 0.3) is 0 Å². The second kappa shape index (κ2) is 8.61. The fourth-order valence-corrected chi connectivity index (χ4v) is 1.81. The molecule has 0 bridgehead atoms. The molecule has 5 N–H and O–H groups in total. The Kier molecular flexibility index (Phi) is 6.50. The van der Waals surface area contributed by atoms with Gasteiger partial charge in [-0.3, -0.25) is 16.1 Å². The van der Waals surface area contributed by atoms with Crippen molar-refractivity contribution in [2.45, 2.75) is 44.9 Å². The minimum atomic E-state index is -4.75. The Bertz CT molecular complexity index is 620. The van der Waals surface area contributed by atoms with Gasteiger partial charge in [0, 0.05) is 12.5 Å². The van der Waals surface area contributed by atoms with Crippen LogP contribution in [0.25, 0.3) is 0 Å². The summed E-state index contributed by atoms with van der Waals surface area (Å²) >= 11 is 0. The Morgan fingerprint density at radius 1 is 1.15 bits per heavy atom. The van der Waals surface area contributed by atoms with E-state index in [2.05, 4.69) is 20.9 Å². The minimum absolute atomic E-state index is 0.0113. The van der Waals surface area contributed by atoms with Crippen LogP contribution in [0.15, 0.2) is 24.3 Å². The molecule has 1 unspecified atom stereocenters. The van der Waals surface area contributed by atoms with Gasteiger partial charge in [0.2, 0.25) is 12.2 Å². The van der Waals surface area contributed by atoms with Crippen LogP contribution in [-0.2, 0) is 4.84 Å². The fourth-order valence-electron chi connectivity index (χ4n) is 1.81. The van der Waals surface area contributed by atoms with Crippen LogP contribution in [0.4, 0.5) is 13.2 Å². The first-order chi connectivity index (χ1) is 12.2. The molecule has 1 atom stereocenters. The average molecular weight is 375 g/mol. The van der Waals surface area contributed by atoms with Gasteiger partial charge in [0.05, 0.1) is 0 Å². The van der Waals surface area contributed by atoms with E-state index in [9.17, 15) is 13.2 Å². The summed E-state index contributed by atoms with van der Waals surface area (Å²) < 4.78 is 45.6. The van der Waals surface area contributed by atoms with Crippen molar-refractivity contribution in [3.8, 4) is 11.5 Å². The van der Waals surface area contributed by atoms with Gasteiger partial charge >= 0.3 is 6.36 Å². The molecule has 1 saturated carbocycles. The molecule has 1 fully saturated rings. The van der Waals surface area contributed by atoms with Crippen molar-refractivity contribution < 1.29 is 27.5 Å². The van der Waals surface area contributed by atoms with Crippen LogP contribution in [0.5, 0.6) is 11.5 Å². The van der Waals surface area contributed by atoms with Gasteiger partial charge in [0.1, 0.15) is 11.5 Å². The Labute approximate surface area is 148 Å². The van der Waals surface area contributed by atoms with Gasteiger partial charge in [-0.15, -0.1) is 13.2 Å². The maximum atomic E-state index is 12.1. The average Bonchev–Trinajstić information content (AvgIpc) is 3.35. The third kappa shape index (κ3) is 7.47. The monoisotopic (exact) mass is 375 g/mol. The molecule has 0 aromatic heterocycles. The van der Waals surface area contributed by atoms with E-state index in [0.29, 0.717) is 6.42 Å². The molecule has 1 aliphatic rings. The maximum absolute atomic E-state index is 12.1. The van der Waals surface area contributed by atoms with Crippen LogP contribution in [-0.4, -0.2) is 30.6 Å². The number of ether oxygens (including phenoxy) is 2. The van der Waals surface area contributed by atoms with Crippen molar-refractivity contribution in [1.82, 2.24) is 16.1 Å². The summed E-state index contributed by atoms with van der Waals surface area (Å²) in [7, 11) is 0. The molecule has 0 spiro atoms. The Morgan fingerprint density at radius 3 is 2.31 bits per heavy atom. The first kappa shape index (κ1) is 19.6. The van der Waals surface area contributed by atoms with Crippen LogP contribution in [0.3, 0.4) is 0 Å². The summed E-state index contributed by atoms with van der Waals surface area (Å²) in [6.45, 7) is 1.77. The predicted octanol–water partition coefficient (Wildman–Crippen LogP) is 2.43. The summed E-state index contributed by atoms with van der Waals surface area (Å²) in [5.74, 6) is -0.345. The quantitative estimate of drug-likeness (QED) is 0.217. The zero-order chi connectivity index (χ0) is 19.2. The molecule has 0 saturated heterocycles. The number of guanidine groups is 2. The highest BCUT2D eigenvalue weighted by Crippen LogP contribution is 2.25. The summed E-state index contributed by atoms with van der Waals surface area (Å²) in [4.78, 5) is 5.19. The highest BCUT2D eigenvalue weighted by atomic mass is 19.4. The van der Waals surface area contributed by atoms with Crippen LogP contribution >= 0.6 is 0 Å². The standard InChI is InChI=1S/C15H20F3N5O3/c1-2-12(26-23-14(20)22-13(19)21-9-3-4-9)24-10-5-7-11(8-6-10)25-15(16,17)18/h5-9,12H,2-4H2,1H3,(H5,19,20,21,22,23). The van der Waals surface area contributed by atoms with E-state index in [4.69, 9.17) is 20.4 Å². The lowest BCUT2D eigenvalue weighted by Crippen LogP contribution is -2.47. The molecule has 0 aliphatic heterocycles. The number of hydrogen-bond donors (Lipinski definition) is 5. The van der Waals surface area contributed by atoms with Gasteiger partial charge in [-0.25, -0.2) is 10.3 Å². The van der Waals surface area contributed by atoms with Gasteiger partial charge in [-0.1, -0.05) is 6.92 Å². The fraction of sp³-hybridized carbons (Fsp3) is 0.467. The molecule has 1 aromatic rings. The normalized spacial score (nSPS) is 14.9. The third-order valence-electron chi connectivity index (χ3n) is 3.13. The molecule has 0 radical (unpaired) electrons. The van der Waals surface area contributed by atoms with Gasteiger partial charge in [-0.2, -0.15) is 0 Å². The van der Waals surface area contributed by atoms with Gasteiger partial charge in [0.15, 0.2) is 5.96 Å². The number of benzene rings is 1. The molecule has 144 valence electrons. The van der Waals surface area contributed by atoms with Crippen molar-refractivity contribution in [2.24, 2.45) is 0 Å². The number of hydrogen-bond acceptors (Lipinski definition) is 5. The predicted molar refractivity (Wildman–Crippen MR) is 86.8 cm³/mol. The molecule has 26 heavy (non-hydrogen) atoms. The van der Waals surface area contributed by atoms with E-state index in [1.807, 2.05) is 0 Å². The Hall–Kier alpha value is -2.69. The molecule has 11 heteroatoms. The summed E-state index contributed by atoms with van der Waals surface area (Å²) in [5.41, 5.74) is 2.31. The zero-order valence-corrected chi connectivity index (χ0v) is 13.9. The summed E-state index contributed by atoms with van der Waals surface area (Å²) in [6.07, 6.45) is -3.15. The van der Waals surface area contributed by atoms with Crippen molar-refractivity contribution in [1.29, 1.82) is 10.8 Å². The SMILES string of the molecule is CCC(ONC(=N)NC(=N)NC1CC1)Oc1ccc(OC(F)(F)F)cc1. The van der Waals surface area contributed by atoms with E-state index in [0.717, 1.165) is 25.0 Å². The molecular formula is C15H20F3N5O3. The number of rotatable bonds is 7. The van der Waals surface area contributed by atoms with Crippen LogP contribution in [0.1, 0.15) is 26.2 Å². The number of nitrogens with one attached hydrogen (secondary N) is 5. The van der Waals surface area contributed by atoms with E-state index in [1.54, 1.807) is 6.92 Å². The van der Waals surface area contributed by atoms with E-state index < -0.39 is 12.7 Å². The van der Waals surface area contributed by atoms with Crippen molar-refractivity contribution in [3.63, 3.8) is 0 Å². The molecule has 1 aromatic carbocycles. The Balaban J connectivity index is 1.75. The molecule has 0 heterocycles. The first-order valence-corrected chi connectivity index (χ1v) is 7.90. The van der Waals surface area contributed by atoms with Crippen LogP contribution in [0, 0.1) is 10.8 Å². The second-order valence-corrected chi connectivity index (χ2v) is 5.49. The smallest absolute Gasteiger partial charge is 0.463 e. The van der Waals surface area contributed by atoms with Crippen molar-refractivity contribution in [2.75, 3.05) is 0 Å². The van der Waals surface area contributed by atoms with Crippen LogP contribution in [0.2, 0.25) is 0 Å². The van der Waals surface area contributed by atoms with Gasteiger partial charge < -0.3 is 14.8 Å². The highest BCUT2D eigenvalue weighted by molar-refractivity contribution is 5.95. The summed E-state index contributed by atoms with van der Waals surface area (Å²) in [5, 5.41) is 20.6. The van der Waals surface area contributed by atoms with Crippen LogP contribution < -0.4 is 25.6 Å². The molecule has 1 aliphatic carbocycles. The van der Waals surface area contributed by atoms with Crippen molar-refractivity contribution >= 4 is 11.9 Å². The second-order valence-electron chi connectivity index (χ2n) is 5.49. The molecule has 8 nitrogen and oxygen atoms in total. The number of hydroxylamine groups is 1. The zero-order valence-electron chi connectivity index (χ0n) is 13.9. The molecule has 2 rings (SSSR count). The Morgan fingerprint density at radius 2 is 1.77 bits per heavy atom. The molecule has 0 amide bonds. The van der Waals surface area contributed by atoms with Crippen molar-refractivity contribution in [3.05, 3.63) is 24.3 Å². The number of halogens is 3. The topological polar surface area (TPSA) is 111 Å². The number of alkyl halides is 3. The van der Waals surface area contributed by atoms with Gasteiger partial charge in [-0.05, 0) is 37.1 Å². The maximum Gasteiger partial charge on any atom is 0.573 e. The minimum Gasteiger partial charge on any atom is -0.463 e.